The molecule has 0 spiro atoms. The molecular weight excluding hydrogens is 252 g/mol. The summed E-state index contributed by atoms with van der Waals surface area (Å²) in [4.78, 5) is 15.5. The molecule has 0 amide bonds. The van der Waals surface area contributed by atoms with E-state index >= 15 is 0 Å². The van der Waals surface area contributed by atoms with Crippen molar-refractivity contribution in [1.82, 2.24) is 10.3 Å². The minimum atomic E-state index is -0.927. The van der Waals surface area contributed by atoms with Crippen molar-refractivity contribution in [2.45, 2.75) is 50.1 Å². The number of rotatable bonds is 6. The number of aromatic nitrogens is 1. The van der Waals surface area contributed by atoms with Crippen LogP contribution in [0.1, 0.15) is 31.7 Å². The number of likely N-dealkylation sites (N-methyl/N-ethyl adjacent to an activating group) is 1. The maximum Gasteiger partial charge on any atom is 0.323 e. The van der Waals surface area contributed by atoms with E-state index in [2.05, 4.69) is 10.3 Å². The SMILES string of the molecule is CNC(C)(CC(C)Sc1nc(C)c(C)o1)C(=O)O. The van der Waals surface area contributed by atoms with E-state index in [4.69, 9.17) is 4.42 Å². The van der Waals surface area contributed by atoms with Gasteiger partial charge >= 0.3 is 5.97 Å². The fraction of sp³-hybridized carbons (Fsp3) is 0.667. The molecule has 2 atom stereocenters. The van der Waals surface area contributed by atoms with Crippen LogP contribution in [-0.4, -0.2) is 33.9 Å². The zero-order chi connectivity index (χ0) is 13.9. The van der Waals surface area contributed by atoms with Gasteiger partial charge in [-0.1, -0.05) is 18.7 Å². The summed E-state index contributed by atoms with van der Waals surface area (Å²) in [6, 6.07) is 0. The first kappa shape index (κ1) is 15.0. The highest BCUT2D eigenvalue weighted by Gasteiger charge is 2.33. The zero-order valence-electron chi connectivity index (χ0n) is 11.4. The molecule has 1 aromatic rings. The van der Waals surface area contributed by atoms with Gasteiger partial charge in [0.15, 0.2) is 0 Å². The van der Waals surface area contributed by atoms with Crippen molar-refractivity contribution in [1.29, 1.82) is 0 Å². The Hall–Kier alpha value is -1.01. The molecule has 2 N–H and O–H groups in total. The molecule has 0 fully saturated rings. The highest BCUT2D eigenvalue weighted by atomic mass is 32.2. The Bertz CT molecular complexity index is 413. The number of hydrogen-bond donors (Lipinski definition) is 2. The molecule has 0 bridgehead atoms. The van der Waals surface area contributed by atoms with Crippen molar-refractivity contribution >= 4 is 17.7 Å². The van der Waals surface area contributed by atoms with Gasteiger partial charge in [-0.3, -0.25) is 4.79 Å². The van der Waals surface area contributed by atoms with Gasteiger partial charge in [-0.15, -0.1) is 0 Å². The van der Waals surface area contributed by atoms with Gasteiger partial charge in [0.2, 0.25) is 0 Å². The summed E-state index contributed by atoms with van der Waals surface area (Å²) >= 11 is 1.46. The van der Waals surface area contributed by atoms with Crippen LogP contribution in [0, 0.1) is 13.8 Å². The molecule has 0 aliphatic carbocycles. The molecular formula is C12H20N2O3S. The molecule has 5 nitrogen and oxygen atoms in total. The van der Waals surface area contributed by atoms with Gasteiger partial charge in [-0.05, 0) is 34.2 Å². The number of aryl methyl sites for hydroxylation is 2. The smallest absolute Gasteiger partial charge is 0.323 e. The standard InChI is InChI=1S/C12H20N2O3S/c1-7(6-12(4,13-5)10(15)16)18-11-14-8(2)9(3)17-11/h7,13H,6H2,1-5H3,(H,15,16). The Kier molecular flexibility index (Phi) is 4.81. The first-order chi connectivity index (χ1) is 8.28. The summed E-state index contributed by atoms with van der Waals surface area (Å²) in [5, 5.41) is 12.7. The summed E-state index contributed by atoms with van der Waals surface area (Å²) < 4.78 is 5.48. The average Bonchev–Trinajstić information content (AvgIpc) is 2.57. The second-order valence-electron chi connectivity index (χ2n) is 4.64. The Morgan fingerprint density at radius 3 is 2.61 bits per heavy atom. The van der Waals surface area contributed by atoms with Crippen molar-refractivity contribution in [2.75, 3.05) is 7.05 Å². The topological polar surface area (TPSA) is 75.4 Å². The molecule has 0 aromatic carbocycles. The molecule has 2 unspecified atom stereocenters. The van der Waals surface area contributed by atoms with Crippen LogP contribution in [-0.2, 0) is 4.79 Å². The van der Waals surface area contributed by atoms with Crippen LogP contribution in [0.25, 0.3) is 0 Å². The molecule has 102 valence electrons. The van der Waals surface area contributed by atoms with Crippen LogP contribution >= 0.6 is 11.8 Å². The van der Waals surface area contributed by atoms with E-state index in [1.165, 1.54) is 11.8 Å². The summed E-state index contributed by atoms with van der Waals surface area (Å²) in [6.07, 6.45) is 0.490. The van der Waals surface area contributed by atoms with Crippen molar-refractivity contribution in [3.8, 4) is 0 Å². The summed E-state index contributed by atoms with van der Waals surface area (Å²) in [5.41, 5.74) is -0.0531. The molecule has 1 rings (SSSR count). The number of thioether (sulfide) groups is 1. The third-order valence-corrected chi connectivity index (χ3v) is 3.98. The van der Waals surface area contributed by atoms with Gasteiger partial charge in [0.05, 0.1) is 5.69 Å². The maximum atomic E-state index is 11.2. The van der Waals surface area contributed by atoms with Crippen molar-refractivity contribution in [3.63, 3.8) is 0 Å². The molecule has 1 aromatic heterocycles. The fourth-order valence-corrected chi connectivity index (χ4v) is 2.70. The van der Waals surface area contributed by atoms with Crippen LogP contribution < -0.4 is 5.32 Å². The van der Waals surface area contributed by atoms with E-state index in [0.29, 0.717) is 11.6 Å². The predicted molar refractivity (Wildman–Crippen MR) is 71.0 cm³/mol. The third-order valence-electron chi connectivity index (χ3n) is 3.03. The fourth-order valence-electron chi connectivity index (χ4n) is 1.58. The number of carboxylic acids is 1. The lowest BCUT2D eigenvalue weighted by molar-refractivity contribution is -0.144. The second-order valence-corrected chi connectivity index (χ2v) is 6.03. The molecule has 0 aliphatic rings. The molecule has 18 heavy (non-hydrogen) atoms. The van der Waals surface area contributed by atoms with E-state index in [-0.39, 0.29) is 5.25 Å². The van der Waals surface area contributed by atoms with Gasteiger partial charge in [-0.2, -0.15) is 0 Å². The molecule has 6 heteroatoms. The third kappa shape index (κ3) is 3.49. The highest BCUT2D eigenvalue weighted by molar-refractivity contribution is 7.99. The van der Waals surface area contributed by atoms with Gasteiger partial charge < -0.3 is 14.8 Å². The lowest BCUT2D eigenvalue weighted by atomic mass is 9.97. The molecule has 0 saturated carbocycles. The summed E-state index contributed by atoms with van der Waals surface area (Å²) in [7, 11) is 1.66. The number of oxazole rings is 1. The van der Waals surface area contributed by atoms with E-state index in [9.17, 15) is 9.90 Å². The monoisotopic (exact) mass is 272 g/mol. The van der Waals surface area contributed by atoms with Gasteiger partial charge in [0.25, 0.3) is 5.22 Å². The number of carboxylic acid groups (broad SMARTS) is 1. The first-order valence-electron chi connectivity index (χ1n) is 5.81. The van der Waals surface area contributed by atoms with Crippen molar-refractivity contribution in [2.24, 2.45) is 0 Å². The number of carbonyl (C=O) groups is 1. The van der Waals surface area contributed by atoms with Crippen LogP contribution in [0.5, 0.6) is 0 Å². The normalized spacial score (nSPS) is 16.3. The van der Waals surface area contributed by atoms with Gasteiger partial charge in [0, 0.05) is 5.25 Å². The summed E-state index contributed by atoms with van der Waals surface area (Å²) in [6.45, 7) is 7.41. The van der Waals surface area contributed by atoms with Gasteiger partial charge in [0.1, 0.15) is 11.3 Å². The minimum Gasteiger partial charge on any atom is -0.480 e. The van der Waals surface area contributed by atoms with Crippen molar-refractivity contribution < 1.29 is 14.3 Å². The first-order valence-corrected chi connectivity index (χ1v) is 6.69. The van der Waals surface area contributed by atoms with E-state index in [1.54, 1.807) is 14.0 Å². The lowest BCUT2D eigenvalue weighted by Crippen LogP contribution is -2.49. The quantitative estimate of drug-likeness (QED) is 0.773. The molecule has 0 aliphatic heterocycles. The Labute approximate surface area is 111 Å². The Morgan fingerprint density at radius 1 is 1.61 bits per heavy atom. The number of nitrogens with one attached hydrogen (secondary N) is 1. The Morgan fingerprint density at radius 2 is 2.22 bits per heavy atom. The highest BCUT2D eigenvalue weighted by Crippen LogP contribution is 2.29. The second kappa shape index (κ2) is 5.75. The summed E-state index contributed by atoms with van der Waals surface area (Å²) in [5.74, 6) is -0.0449. The number of nitrogens with zero attached hydrogens (tertiary/aromatic N) is 1. The average molecular weight is 272 g/mol. The predicted octanol–water partition coefficient (Wildman–Crippen LogP) is 2.22. The van der Waals surface area contributed by atoms with Gasteiger partial charge in [-0.25, -0.2) is 4.98 Å². The molecule has 0 saturated heterocycles. The number of aliphatic carboxylic acids is 1. The minimum absolute atomic E-state index is 0.0935. The lowest BCUT2D eigenvalue weighted by Gasteiger charge is -2.26. The van der Waals surface area contributed by atoms with Crippen LogP contribution in [0.15, 0.2) is 9.64 Å². The maximum absolute atomic E-state index is 11.2. The molecule has 1 heterocycles. The van der Waals surface area contributed by atoms with Crippen LogP contribution in [0.4, 0.5) is 0 Å². The van der Waals surface area contributed by atoms with E-state index in [0.717, 1.165) is 11.5 Å². The largest absolute Gasteiger partial charge is 0.480 e. The van der Waals surface area contributed by atoms with E-state index in [1.807, 2.05) is 20.8 Å². The van der Waals surface area contributed by atoms with Crippen LogP contribution in [0.3, 0.4) is 0 Å². The molecule has 0 radical (unpaired) electrons. The zero-order valence-corrected chi connectivity index (χ0v) is 12.2. The Balaban J connectivity index is 2.66. The van der Waals surface area contributed by atoms with Crippen LogP contribution in [0.2, 0.25) is 0 Å². The van der Waals surface area contributed by atoms with Crippen molar-refractivity contribution in [3.05, 3.63) is 11.5 Å². The number of hydrogen-bond acceptors (Lipinski definition) is 5. The van der Waals surface area contributed by atoms with E-state index < -0.39 is 11.5 Å².